The lowest BCUT2D eigenvalue weighted by Gasteiger charge is -2.19. The maximum Gasteiger partial charge on any atom is 0.257 e. The fourth-order valence-electron chi connectivity index (χ4n) is 2.13. The van der Waals surface area contributed by atoms with Crippen molar-refractivity contribution < 1.29 is 9.53 Å². The zero-order valence-corrected chi connectivity index (χ0v) is 12.4. The Kier molecular flexibility index (Phi) is 4.82. The number of nitrogens with zero attached hydrogens (tertiary/aromatic N) is 1. The van der Waals surface area contributed by atoms with Gasteiger partial charge in [0.15, 0.2) is 0 Å². The van der Waals surface area contributed by atoms with E-state index in [1.165, 1.54) is 12.7 Å². The smallest absolute Gasteiger partial charge is 0.257 e. The van der Waals surface area contributed by atoms with Crippen molar-refractivity contribution in [2.24, 2.45) is 0 Å². The molecule has 1 amide bonds. The first-order valence-corrected chi connectivity index (χ1v) is 6.84. The van der Waals surface area contributed by atoms with Gasteiger partial charge in [-0.25, -0.2) is 0 Å². The second-order valence-corrected chi connectivity index (χ2v) is 4.92. The Morgan fingerprint density at radius 2 is 1.90 bits per heavy atom. The van der Waals surface area contributed by atoms with Gasteiger partial charge >= 0.3 is 0 Å². The van der Waals surface area contributed by atoms with Gasteiger partial charge in [0.25, 0.3) is 5.91 Å². The molecular weight excluding hydrogens is 264 g/mol. The lowest BCUT2D eigenvalue weighted by Crippen LogP contribution is -2.29. The number of likely N-dealkylation sites (N-methyl/N-ethyl adjacent to an activating group) is 1. The molecule has 4 heteroatoms. The number of hydrogen-bond donors (Lipinski definition) is 1. The van der Waals surface area contributed by atoms with E-state index in [1.807, 2.05) is 18.2 Å². The second-order valence-electron chi connectivity index (χ2n) is 4.92. The number of ether oxygens (including phenoxy) is 1. The molecule has 0 saturated heterocycles. The highest BCUT2D eigenvalue weighted by molar-refractivity contribution is 5.97. The van der Waals surface area contributed by atoms with E-state index in [0.717, 1.165) is 6.42 Å². The van der Waals surface area contributed by atoms with Gasteiger partial charge in [-0.3, -0.25) is 4.79 Å². The van der Waals surface area contributed by atoms with Gasteiger partial charge in [0.2, 0.25) is 0 Å². The fraction of sp³-hybridized carbons (Fsp3) is 0.235. The van der Waals surface area contributed by atoms with Crippen molar-refractivity contribution in [1.29, 1.82) is 0 Å². The van der Waals surface area contributed by atoms with Crippen molar-refractivity contribution in [3.63, 3.8) is 0 Å². The highest BCUT2D eigenvalue weighted by Gasteiger charge is 2.16. The maximum atomic E-state index is 12.5. The van der Waals surface area contributed by atoms with Crippen LogP contribution in [0.25, 0.3) is 0 Å². The minimum absolute atomic E-state index is 0.0669. The third kappa shape index (κ3) is 3.75. The number of nitrogens with two attached hydrogens (primary N) is 1. The molecule has 0 saturated carbocycles. The van der Waals surface area contributed by atoms with Crippen LogP contribution < -0.4 is 10.5 Å². The zero-order chi connectivity index (χ0) is 15.2. The van der Waals surface area contributed by atoms with Crippen LogP contribution in [0.3, 0.4) is 0 Å². The van der Waals surface area contributed by atoms with Crippen LogP contribution in [0.2, 0.25) is 0 Å². The molecule has 110 valence electrons. The van der Waals surface area contributed by atoms with E-state index in [2.05, 4.69) is 12.1 Å². The number of carbonyl (C=O) groups is 1. The highest BCUT2D eigenvalue weighted by Crippen LogP contribution is 2.22. The van der Waals surface area contributed by atoms with Crippen LogP contribution >= 0.6 is 0 Å². The van der Waals surface area contributed by atoms with Crippen LogP contribution in [0.15, 0.2) is 48.5 Å². The molecule has 0 spiro atoms. The molecule has 0 aliphatic rings. The molecule has 0 aliphatic carbocycles. The summed E-state index contributed by atoms with van der Waals surface area (Å²) in [5.74, 6) is 0.439. The van der Waals surface area contributed by atoms with Crippen LogP contribution in [0.5, 0.6) is 5.75 Å². The van der Waals surface area contributed by atoms with Gasteiger partial charge in [-0.15, -0.1) is 0 Å². The molecule has 2 N–H and O–H groups in total. The minimum Gasteiger partial charge on any atom is -0.496 e. The molecule has 0 bridgehead atoms. The van der Waals surface area contributed by atoms with E-state index < -0.39 is 0 Å². The standard InChI is InChI=1S/C17H20N2O2/c1-19(11-10-13-6-4-3-5-7-13)17(20)15-9-8-14(18)12-16(15)21-2/h3-9,12H,10-11,18H2,1-2H3. The Hall–Kier alpha value is -2.49. The van der Waals surface area contributed by atoms with Crippen molar-refractivity contribution in [2.75, 3.05) is 26.4 Å². The van der Waals surface area contributed by atoms with Gasteiger partial charge in [0.1, 0.15) is 5.75 Å². The summed E-state index contributed by atoms with van der Waals surface area (Å²) < 4.78 is 5.23. The van der Waals surface area contributed by atoms with E-state index >= 15 is 0 Å². The summed E-state index contributed by atoms with van der Waals surface area (Å²) in [6.45, 7) is 0.649. The van der Waals surface area contributed by atoms with Gasteiger partial charge in [0.05, 0.1) is 12.7 Å². The first-order chi connectivity index (χ1) is 10.1. The minimum atomic E-state index is -0.0669. The molecule has 0 unspecified atom stereocenters. The number of rotatable bonds is 5. The van der Waals surface area contributed by atoms with Crippen LogP contribution in [-0.2, 0) is 6.42 Å². The predicted molar refractivity (Wildman–Crippen MR) is 84.5 cm³/mol. The summed E-state index contributed by atoms with van der Waals surface area (Å²) >= 11 is 0. The van der Waals surface area contributed by atoms with Crippen molar-refractivity contribution in [3.8, 4) is 5.75 Å². The van der Waals surface area contributed by atoms with Crippen molar-refractivity contribution >= 4 is 11.6 Å². The lowest BCUT2D eigenvalue weighted by atomic mass is 10.1. The van der Waals surface area contributed by atoms with Crippen molar-refractivity contribution in [1.82, 2.24) is 4.90 Å². The largest absolute Gasteiger partial charge is 0.496 e. The number of amides is 1. The number of carbonyl (C=O) groups excluding carboxylic acids is 1. The fourth-order valence-corrected chi connectivity index (χ4v) is 2.13. The number of methoxy groups -OCH3 is 1. The Labute approximate surface area is 125 Å². The van der Waals surface area contributed by atoms with E-state index in [9.17, 15) is 4.79 Å². The Morgan fingerprint density at radius 3 is 2.57 bits per heavy atom. The first-order valence-electron chi connectivity index (χ1n) is 6.84. The average Bonchev–Trinajstić information content (AvgIpc) is 2.52. The molecule has 0 radical (unpaired) electrons. The molecule has 4 nitrogen and oxygen atoms in total. The molecule has 0 aromatic heterocycles. The van der Waals surface area contributed by atoms with E-state index in [4.69, 9.17) is 10.5 Å². The van der Waals surface area contributed by atoms with Crippen LogP contribution in [0.4, 0.5) is 5.69 Å². The van der Waals surface area contributed by atoms with E-state index in [0.29, 0.717) is 23.5 Å². The molecule has 0 heterocycles. The van der Waals surface area contributed by atoms with E-state index in [-0.39, 0.29) is 5.91 Å². The summed E-state index contributed by atoms with van der Waals surface area (Å²) in [5.41, 5.74) is 8.03. The summed E-state index contributed by atoms with van der Waals surface area (Å²) in [6.07, 6.45) is 0.820. The molecule has 21 heavy (non-hydrogen) atoms. The number of nitrogen functional groups attached to an aromatic ring is 1. The molecule has 0 atom stereocenters. The van der Waals surface area contributed by atoms with Gasteiger partial charge in [-0.1, -0.05) is 30.3 Å². The predicted octanol–water partition coefficient (Wildman–Crippen LogP) is 2.59. The van der Waals surface area contributed by atoms with Crippen LogP contribution in [0.1, 0.15) is 15.9 Å². The number of benzene rings is 2. The quantitative estimate of drug-likeness (QED) is 0.859. The van der Waals surface area contributed by atoms with Gasteiger partial charge in [-0.2, -0.15) is 0 Å². The molecule has 0 fully saturated rings. The van der Waals surface area contributed by atoms with Crippen molar-refractivity contribution in [2.45, 2.75) is 6.42 Å². The van der Waals surface area contributed by atoms with Crippen LogP contribution in [0, 0.1) is 0 Å². The second kappa shape index (κ2) is 6.79. The van der Waals surface area contributed by atoms with Gasteiger partial charge < -0.3 is 15.4 Å². The Morgan fingerprint density at radius 1 is 1.19 bits per heavy atom. The average molecular weight is 284 g/mol. The number of hydrogen-bond acceptors (Lipinski definition) is 3. The Balaban J connectivity index is 2.05. The first kappa shape index (κ1) is 14.9. The third-order valence-electron chi connectivity index (χ3n) is 3.38. The summed E-state index contributed by atoms with van der Waals surface area (Å²) in [5, 5.41) is 0. The molecule has 0 aliphatic heterocycles. The van der Waals surface area contributed by atoms with E-state index in [1.54, 1.807) is 30.1 Å². The SMILES string of the molecule is COc1cc(N)ccc1C(=O)N(C)CCc1ccccc1. The molecule has 2 rings (SSSR count). The van der Waals surface area contributed by atoms with Crippen LogP contribution in [-0.4, -0.2) is 31.5 Å². The van der Waals surface area contributed by atoms with Crippen molar-refractivity contribution in [3.05, 3.63) is 59.7 Å². The monoisotopic (exact) mass is 284 g/mol. The number of anilines is 1. The third-order valence-corrected chi connectivity index (χ3v) is 3.38. The summed E-state index contributed by atoms with van der Waals surface area (Å²) in [6, 6.07) is 15.2. The molecular formula is C17H20N2O2. The topological polar surface area (TPSA) is 55.6 Å². The normalized spacial score (nSPS) is 10.2. The Bertz CT molecular complexity index is 611. The van der Waals surface area contributed by atoms with Gasteiger partial charge in [-0.05, 0) is 24.1 Å². The lowest BCUT2D eigenvalue weighted by molar-refractivity contribution is 0.0793. The summed E-state index contributed by atoms with van der Waals surface area (Å²) in [7, 11) is 3.33. The van der Waals surface area contributed by atoms with Gasteiger partial charge in [0, 0.05) is 25.3 Å². The molecule has 2 aromatic carbocycles. The summed E-state index contributed by atoms with van der Waals surface area (Å²) in [4.78, 5) is 14.2. The molecule has 2 aromatic rings. The zero-order valence-electron chi connectivity index (χ0n) is 12.4. The highest BCUT2D eigenvalue weighted by atomic mass is 16.5. The maximum absolute atomic E-state index is 12.5.